The summed E-state index contributed by atoms with van der Waals surface area (Å²) in [6.07, 6.45) is 3.73. The molecule has 0 fully saturated rings. The molecule has 0 aromatic heterocycles. The summed E-state index contributed by atoms with van der Waals surface area (Å²) < 4.78 is 0. The van der Waals surface area contributed by atoms with Crippen molar-refractivity contribution in [1.29, 1.82) is 0 Å². The Kier molecular flexibility index (Phi) is 4.64. The van der Waals surface area contributed by atoms with Crippen molar-refractivity contribution in [3.63, 3.8) is 0 Å². The van der Waals surface area contributed by atoms with E-state index in [9.17, 15) is 4.79 Å². The first kappa shape index (κ1) is 11.2. The number of carboxylic acids is 1. The molecule has 2 nitrogen and oxygen atoms in total. The Morgan fingerprint density at radius 1 is 1.17 bits per heavy atom. The molecule has 0 aliphatic carbocycles. The van der Waals surface area contributed by atoms with Crippen LogP contribution in [0.25, 0.3) is 0 Å². The van der Waals surface area contributed by atoms with Gasteiger partial charge >= 0.3 is 5.97 Å². The Bertz CT molecular complexity index is 171. The molecule has 0 saturated carbocycles. The normalized spacial score (nSPS) is 16.8. The lowest BCUT2D eigenvalue weighted by Crippen LogP contribution is -2.07. The Morgan fingerprint density at radius 3 is 2.00 bits per heavy atom. The van der Waals surface area contributed by atoms with E-state index in [0.29, 0.717) is 11.8 Å². The zero-order valence-electron chi connectivity index (χ0n) is 8.24. The molecule has 0 radical (unpaired) electrons. The van der Waals surface area contributed by atoms with Gasteiger partial charge in [0.05, 0.1) is 5.92 Å². The number of carbonyl (C=O) groups is 1. The lowest BCUT2D eigenvalue weighted by Gasteiger charge is -2.10. The van der Waals surface area contributed by atoms with Gasteiger partial charge in [-0.05, 0) is 18.8 Å². The number of aliphatic carboxylic acids is 1. The monoisotopic (exact) mass is 170 g/mol. The number of hydrogen-bond acceptors (Lipinski definition) is 1. The highest BCUT2D eigenvalue weighted by Crippen LogP contribution is 2.12. The molecule has 0 aromatic rings. The minimum atomic E-state index is -0.762. The van der Waals surface area contributed by atoms with Gasteiger partial charge in [-0.15, -0.1) is 0 Å². The fourth-order valence-corrected chi connectivity index (χ4v) is 0.646. The quantitative estimate of drug-likeness (QED) is 0.658. The second-order valence-corrected chi connectivity index (χ2v) is 3.61. The fraction of sp³-hybridized carbons (Fsp3) is 0.700. The van der Waals surface area contributed by atoms with E-state index in [2.05, 4.69) is 20.8 Å². The summed E-state index contributed by atoms with van der Waals surface area (Å²) in [4.78, 5) is 10.4. The fourth-order valence-electron chi connectivity index (χ4n) is 0.646. The van der Waals surface area contributed by atoms with E-state index in [4.69, 9.17) is 5.11 Å². The van der Waals surface area contributed by atoms with Crippen LogP contribution in [0.1, 0.15) is 27.7 Å². The van der Waals surface area contributed by atoms with E-state index in [1.54, 1.807) is 13.0 Å². The zero-order chi connectivity index (χ0) is 9.72. The lowest BCUT2D eigenvalue weighted by atomic mass is 9.96. The average molecular weight is 170 g/mol. The van der Waals surface area contributed by atoms with Crippen LogP contribution in [0.2, 0.25) is 0 Å². The van der Waals surface area contributed by atoms with E-state index in [1.165, 1.54) is 0 Å². The van der Waals surface area contributed by atoms with Gasteiger partial charge in [-0.25, -0.2) is 0 Å². The van der Waals surface area contributed by atoms with Gasteiger partial charge in [0.25, 0.3) is 0 Å². The summed E-state index contributed by atoms with van der Waals surface area (Å²) in [6.45, 7) is 8.03. The third kappa shape index (κ3) is 4.16. The van der Waals surface area contributed by atoms with Crippen LogP contribution in [-0.2, 0) is 4.79 Å². The molecule has 0 heterocycles. The van der Waals surface area contributed by atoms with Crippen LogP contribution in [0.3, 0.4) is 0 Å². The van der Waals surface area contributed by atoms with Crippen molar-refractivity contribution in [2.75, 3.05) is 0 Å². The minimum absolute atomic E-state index is 0.369. The molecule has 0 saturated heterocycles. The molecule has 0 rings (SSSR count). The first-order valence-corrected chi connectivity index (χ1v) is 4.36. The molecular weight excluding hydrogens is 152 g/mol. The van der Waals surface area contributed by atoms with Crippen LogP contribution in [0.15, 0.2) is 12.2 Å². The molecule has 1 N–H and O–H groups in total. The van der Waals surface area contributed by atoms with E-state index in [-0.39, 0.29) is 5.92 Å². The maximum absolute atomic E-state index is 10.4. The highest BCUT2D eigenvalue weighted by Gasteiger charge is 2.07. The van der Waals surface area contributed by atoms with Crippen molar-refractivity contribution >= 4 is 5.97 Å². The highest BCUT2D eigenvalue weighted by molar-refractivity contribution is 5.71. The number of hydrogen-bond donors (Lipinski definition) is 1. The van der Waals surface area contributed by atoms with Gasteiger partial charge in [-0.2, -0.15) is 0 Å². The van der Waals surface area contributed by atoms with Gasteiger partial charge in [-0.1, -0.05) is 32.9 Å². The van der Waals surface area contributed by atoms with Crippen LogP contribution in [-0.4, -0.2) is 11.1 Å². The molecule has 0 aromatic carbocycles. The van der Waals surface area contributed by atoms with E-state index < -0.39 is 5.97 Å². The number of rotatable bonds is 4. The van der Waals surface area contributed by atoms with Crippen LogP contribution in [0.5, 0.6) is 0 Å². The van der Waals surface area contributed by atoms with Gasteiger partial charge in [0.2, 0.25) is 0 Å². The second-order valence-electron chi connectivity index (χ2n) is 3.61. The molecule has 0 amide bonds. The van der Waals surface area contributed by atoms with Crippen LogP contribution in [0, 0.1) is 17.8 Å². The van der Waals surface area contributed by atoms with Crippen molar-refractivity contribution in [3.8, 4) is 0 Å². The molecule has 2 atom stereocenters. The standard InChI is InChI=1S/C10H18O2/c1-7(2)8(3)5-6-9(4)10(11)12/h5-9H,1-4H3,(H,11,12). The first-order valence-electron chi connectivity index (χ1n) is 4.36. The van der Waals surface area contributed by atoms with Gasteiger partial charge in [-0.3, -0.25) is 4.79 Å². The van der Waals surface area contributed by atoms with Crippen molar-refractivity contribution < 1.29 is 9.90 Å². The van der Waals surface area contributed by atoms with Crippen LogP contribution in [0.4, 0.5) is 0 Å². The summed E-state index contributed by atoms with van der Waals surface area (Å²) in [6, 6.07) is 0. The molecule has 2 unspecified atom stereocenters. The van der Waals surface area contributed by atoms with Crippen molar-refractivity contribution in [2.24, 2.45) is 17.8 Å². The van der Waals surface area contributed by atoms with Gasteiger partial charge in [0.15, 0.2) is 0 Å². The van der Waals surface area contributed by atoms with Crippen molar-refractivity contribution in [1.82, 2.24) is 0 Å². The molecule has 2 heteroatoms. The van der Waals surface area contributed by atoms with Crippen molar-refractivity contribution in [2.45, 2.75) is 27.7 Å². The largest absolute Gasteiger partial charge is 0.481 e. The SMILES string of the molecule is CC(C=CC(C)C(C)C)C(=O)O. The summed E-state index contributed by atoms with van der Waals surface area (Å²) >= 11 is 0. The van der Waals surface area contributed by atoms with Gasteiger partial charge in [0.1, 0.15) is 0 Å². The first-order chi connectivity index (χ1) is 5.45. The number of allylic oxidation sites excluding steroid dienone is 1. The Labute approximate surface area is 74.3 Å². The number of carboxylic acid groups (broad SMARTS) is 1. The molecule has 0 aliphatic rings. The third-order valence-corrected chi connectivity index (χ3v) is 2.14. The topological polar surface area (TPSA) is 37.3 Å². The summed E-state index contributed by atoms with van der Waals surface area (Å²) in [7, 11) is 0. The average Bonchev–Trinajstić information content (AvgIpc) is 1.98. The van der Waals surface area contributed by atoms with Gasteiger partial charge in [0, 0.05) is 0 Å². The minimum Gasteiger partial charge on any atom is -0.481 e. The second kappa shape index (κ2) is 4.96. The van der Waals surface area contributed by atoms with Gasteiger partial charge < -0.3 is 5.11 Å². The zero-order valence-corrected chi connectivity index (χ0v) is 8.24. The molecule has 12 heavy (non-hydrogen) atoms. The molecule has 0 bridgehead atoms. The smallest absolute Gasteiger partial charge is 0.310 e. The third-order valence-electron chi connectivity index (χ3n) is 2.14. The highest BCUT2D eigenvalue weighted by atomic mass is 16.4. The van der Waals surface area contributed by atoms with Crippen molar-refractivity contribution in [3.05, 3.63) is 12.2 Å². The van der Waals surface area contributed by atoms with Crippen LogP contribution >= 0.6 is 0 Å². The summed E-state index contributed by atoms with van der Waals surface area (Å²) in [5.74, 6) is -0.109. The van der Waals surface area contributed by atoms with E-state index in [0.717, 1.165) is 0 Å². The summed E-state index contributed by atoms with van der Waals surface area (Å²) in [5, 5.41) is 8.58. The predicted octanol–water partition coefficient (Wildman–Crippen LogP) is 2.56. The summed E-state index contributed by atoms with van der Waals surface area (Å²) in [5.41, 5.74) is 0. The Morgan fingerprint density at radius 2 is 1.67 bits per heavy atom. The molecular formula is C10H18O2. The van der Waals surface area contributed by atoms with E-state index in [1.807, 2.05) is 6.08 Å². The lowest BCUT2D eigenvalue weighted by molar-refractivity contribution is -0.139. The molecule has 0 aliphatic heterocycles. The maximum atomic E-state index is 10.4. The molecule has 0 spiro atoms. The molecule has 70 valence electrons. The Balaban J connectivity index is 3.97. The Hall–Kier alpha value is -0.790. The van der Waals surface area contributed by atoms with Crippen LogP contribution < -0.4 is 0 Å². The van der Waals surface area contributed by atoms with E-state index >= 15 is 0 Å². The predicted molar refractivity (Wildman–Crippen MR) is 49.9 cm³/mol. The maximum Gasteiger partial charge on any atom is 0.310 e.